The van der Waals surface area contributed by atoms with Crippen LogP contribution in [0.3, 0.4) is 0 Å². The molecule has 1 aromatic heterocycles. The molecule has 3 heteroatoms. The molecule has 3 nitrogen and oxygen atoms in total. The van der Waals surface area contributed by atoms with Crippen LogP contribution in [0.15, 0.2) is 18.3 Å². The van der Waals surface area contributed by atoms with Crippen LogP contribution in [0.1, 0.15) is 25.1 Å². The van der Waals surface area contributed by atoms with Crippen LogP contribution in [-0.2, 0) is 17.7 Å². The second-order valence-electron chi connectivity index (χ2n) is 4.87. The van der Waals surface area contributed by atoms with Crippen LogP contribution in [0.2, 0.25) is 0 Å². The highest BCUT2D eigenvalue weighted by atomic mass is 16.5. The van der Waals surface area contributed by atoms with Crippen LogP contribution in [0.5, 0.6) is 0 Å². The molecule has 0 aromatic carbocycles. The first-order chi connectivity index (χ1) is 7.73. The lowest BCUT2D eigenvalue weighted by molar-refractivity contribution is -0.0991. The smallest absolute Gasteiger partial charge is 0.0573 e. The second kappa shape index (κ2) is 4.93. The highest BCUT2D eigenvalue weighted by Crippen LogP contribution is 2.25. The molecule has 0 saturated carbocycles. The summed E-state index contributed by atoms with van der Waals surface area (Å²) >= 11 is 0. The predicted octanol–water partition coefficient (Wildman–Crippen LogP) is 1.77. The fourth-order valence-corrected chi connectivity index (χ4v) is 1.99. The van der Waals surface area contributed by atoms with Crippen molar-refractivity contribution in [3.8, 4) is 0 Å². The zero-order valence-corrected chi connectivity index (χ0v) is 10.1. The Kier molecular flexibility index (Phi) is 3.56. The molecule has 2 rings (SSSR count). The molecule has 1 aromatic rings. The summed E-state index contributed by atoms with van der Waals surface area (Å²) in [4.78, 5) is 4.42. The average Bonchev–Trinajstić information content (AvgIpc) is 2.27. The molecule has 1 saturated heterocycles. The Morgan fingerprint density at radius 3 is 2.94 bits per heavy atom. The normalized spacial score (nSPS) is 18.1. The molecule has 0 bridgehead atoms. The van der Waals surface area contributed by atoms with Gasteiger partial charge in [-0.15, -0.1) is 0 Å². The fraction of sp³-hybridized carbons (Fsp3) is 0.615. The van der Waals surface area contributed by atoms with Crippen molar-refractivity contribution in [2.75, 3.05) is 19.8 Å². The number of aromatic nitrogens is 1. The SMILES string of the molecule is CCc1cccnc1CNCC1(C)COC1. The number of pyridine rings is 1. The minimum atomic E-state index is 0.334. The number of ether oxygens (including phenoxy) is 1. The topological polar surface area (TPSA) is 34.2 Å². The minimum Gasteiger partial charge on any atom is -0.380 e. The van der Waals surface area contributed by atoms with Crippen molar-refractivity contribution < 1.29 is 4.74 Å². The lowest BCUT2D eigenvalue weighted by Crippen LogP contribution is -2.47. The Balaban J connectivity index is 1.84. The molecular weight excluding hydrogens is 200 g/mol. The van der Waals surface area contributed by atoms with Gasteiger partial charge < -0.3 is 10.1 Å². The van der Waals surface area contributed by atoms with Crippen LogP contribution in [-0.4, -0.2) is 24.7 Å². The van der Waals surface area contributed by atoms with Crippen LogP contribution >= 0.6 is 0 Å². The summed E-state index contributed by atoms with van der Waals surface area (Å²) in [6.45, 7) is 8.04. The number of aryl methyl sites for hydroxylation is 1. The molecule has 1 aliphatic heterocycles. The average molecular weight is 220 g/mol. The van der Waals surface area contributed by atoms with Crippen molar-refractivity contribution in [2.45, 2.75) is 26.8 Å². The first-order valence-corrected chi connectivity index (χ1v) is 5.95. The van der Waals surface area contributed by atoms with E-state index >= 15 is 0 Å². The third kappa shape index (κ3) is 2.60. The van der Waals surface area contributed by atoms with Gasteiger partial charge in [0.15, 0.2) is 0 Å². The summed E-state index contributed by atoms with van der Waals surface area (Å²) in [5.74, 6) is 0. The Hall–Kier alpha value is -0.930. The van der Waals surface area contributed by atoms with Crippen molar-refractivity contribution in [3.05, 3.63) is 29.6 Å². The van der Waals surface area contributed by atoms with E-state index in [1.165, 1.54) is 11.3 Å². The summed E-state index contributed by atoms with van der Waals surface area (Å²) in [5.41, 5.74) is 2.85. The molecule has 1 aliphatic rings. The maximum Gasteiger partial charge on any atom is 0.0573 e. The fourth-order valence-electron chi connectivity index (χ4n) is 1.99. The van der Waals surface area contributed by atoms with Crippen LogP contribution in [0.4, 0.5) is 0 Å². The number of nitrogens with zero attached hydrogens (tertiary/aromatic N) is 1. The summed E-state index contributed by atoms with van der Waals surface area (Å²) in [6.07, 6.45) is 2.91. The number of hydrogen-bond acceptors (Lipinski definition) is 3. The summed E-state index contributed by atoms with van der Waals surface area (Å²) < 4.78 is 5.23. The molecule has 0 aliphatic carbocycles. The predicted molar refractivity (Wildman–Crippen MR) is 64.2 cm³/mol. The van der Waals surface area contributed by atoms with E-state index in [-0.39, 0.29) is 0 Å². The van der Waals surface area contributed by atoms with Gasteiger partial charge in [-0.25, -0.2) is 0 Å². The van der Waals surface area contributed by atoms with Crippen LogP contribution in [0.25, 0.3) is 0 Å². The van der Waals surface area contributed by atoms with Gasteiger partial charge in [-0.2, -0.15) is 0 Å². The molecule has 0 amide bonds. The van der Waals surface area contributed by atoms with E-state index in [1.54, 1.807) is 0 Å². The molecule has 0 spiro atoms. The van der Waals surface area contributed by atoms with E-state index in [1.807, 2.05) is 12.3 Å². The highest BCUT2D eigenvalue weighted by Gasteiger charge is 2.32. The number of hydrogen-bond donors (Lipinski definition) is 1. The Morgan fingerprint density at radius 1 is 1.50 bits per heavy atom. The summed E-state index contributed by atoms with van der Waals surface area (Å²) in [5, 5.41) is 3.48. The van der Waals surface area contributed by atoms with Crippen LogP contribution < -0.4 is 5.32 Å². The van der Waals surface area contributed by atoms with Crippen molar-refractivity contribution in [2.24, 2.45) is 5.41 Å². The van der Waals surface area contributed by atoms with E-state index in [9.17, 15) is 0 Å². The lowest BCUT2D eigenvalue weighted by atomic mass is 9.89. The van der Waals surface area contributed by atoms with E-state index < -0.39 is 0 Å². The lowest BCUT2D eigenvalue weighted by Gasteiger charge is -2.38. The number of nitrogens with one attached hydrogen (secondary N) is 1. The monoisotopic (exact) mass is 220 g/mol. The van der Waals surface area contributed by atoms with Gasteiger partial charge in [-0.3, -0.25) is 4.98 Å². The summed E-state index contributed by atoms with van der Waals surface area (Å²) in [6, 6.07) is 4.15. The zero-order valence-electron chi connectivity index (χ0n) is 10.1. The first-order valence-electron chi connectivity index (χ1n) is 5.95. The van der Waals surface area contributed by atoms with Gasteiger partial charge in [-0.05, 0) is 18.1 Å². The molecular formula is C13H20N2O. The van der Waals surface area contributed by atoms with Gasteiger partial charge in [0, 0.05) is 24.7 Å². The Morgan fingerprint density at radius 2 is 2.31 bits per heavy atom. The van der Waals surface area contributed by atoms with Crippen molar-refractivity contribution in [1.82, 2.24) is 10.3 Å². The second-order valence-corrected chi connectivity index (χ2v) is 4.87. The van der Waals surface area contributed by atoms with Gasteiger partial charge >= 0.3 is 0 Å². The zero-order chi connectivity index (χ0) is 11.4. The van der Waals surface area contributed by atoms with Gasteiger partial charge in [0.25, 0.3) is 0 Å². The Labute approximate surface area is 97.2 Å². The number of rotatable bonds is 5. The molecule has 0 radical (unpaired) electrons. The highest BCUT2D eigenvalue weighted by molar-refractivity contribution is 5.19. The minimum absolute atomic E-state index is 0.334. The van der Waals surface area contributed by atoms with Gasteiger partial charge in [0.1, 0.15) is 0 Å². The maximum absolute atomic E-state index is 5.23. The van der Waals surface area contributed by atoms with Crippen LogP contribution in [0, 0.1) is 5.41 Å². The quantitative estimate of drug-likeness (QED) is 0.821. The summed E-state index contributed by atoms with van der Waals surface area (Å²) in [7, 11) is 0. The third-order valence-electron chi connectivity index (χ3n) is 3.11. The van der Waals surface area contributed by atoms with E-state index in [2.05, 4.69) is 30.2 Å². The molecule has 0 unspecified atom stereocenters. The van der Waals surface area contributed by atoms with E-state index in [0.29, 0.717) is 5.41 Å². The van der Waals surface area contributed by atoms with Gasteiger partial charge in [0.05, 0.1) is 18.9 Å². The molecule has 1 fully saturated rings. The van der Waals surface area contributed by atoms with E-state index in [4.69, 9.17) is 4.74 Å². The molecule has 88 valence electrons. The van der Waals surface area contributed by atoms with Crippen molar-refractivity contribution >= 4 is 0 Å². The van der Waals surface area contributed by atoms with E-state index in [0.717, 1.165) is 32.7 Å². The maximum atomic E-state index is 5.23. The van der Waals surface area contributed by atoms with Gasteiger partial charge in [0.2, 0.25) is 0 Å². The first kappa shape index (κ1) is 11.6. The largest absolute Gasteiger partial charge is 0.380 e. The molecule has 16 heavy (non-hydrogen) atoms. The molecule has 0 atom stereocenters. The van der Waals surface area contributed by atoms with Crippen molar-refractivity contribution in [3.63, 3.8) is 0 Å². The van der Waals surface area contributed by atoms with Gasteiger partial charge in [-0.1, -0.05) is 19.9 Å². The van der Waals surface area contributed by atoms with Crippen molar-refractivity contribution in [1.29, 1.82) is 0 Å². The standard InChI is InChI=1S/C13H20N2O/c1-3-11-5-4-6-15-12(11)7-14-8-13(2)9-16-10-13/h4-6,14H,3,7-10H2,1-2H3. The molecule has 1 N–H and O–H groups in total. The molecule has 2 heterocycles. The Bertz CT molecular complexity index is 348. The third-order valence-corrected chi connectivity index (χ3v) is 3.11.